The monoisotopic (exact) mass is 252 g/mol. The molecule has 1 saturated heterocycles. The lowest BCUT2D eigenvalue weighted by Gasteiger charge is -2.42. The lowest BCUT2D eigenvalue weighted by molar-refractivity contribution is -0.136. The third-order valence-electron chi connectivity index (χ3n) is 4.65. The Morgan fingerprint density at radius 3 is 2.56 bits per heavy atom. The van der Waals surface area contributed by atoms with Crippen LogP contribution in [-0.4, -0.2) is 29.9 Å². The highest BCUT2D eigenvalue weighted by Gasteiger charge is 2.34. The number of piperidine rings is 1. The van der Waals surface area contributed by atoms with E-state index in [0.29, 0.717) is 5.92 Å². The molecular formula is C15H28N2O. The number of carbonyl (C=O) groups excluding carboxylic acids is 1. The van der Waals surface area contributed by atoms with Crippen LogP contribution in [0.3, 0.4) is 0 Å². The summed E-state index contributed by atoms with van der Waals surface area (Å²) in [4.78, 5) is 14.4. The van der Waals surface area contributed by atoms with Crippen molar-refractivity contribution in [1.29, 1.82) is 0 Å². The number of hydrogen-bond acceptors (Lipinski definition) is 2. The average Bonchev–Trinajstić information content (AvgIpc) is 2.36. The van der Waals surface area contributed by atoms with E-state index in [-0.39, 0.29) is 11.9 Å². The van der Waals surface area contributed by atoms with E-state index in [1.54, 1.807) is 0 Å². The lowest BCUT2D eigenvalue weighted by Crippen LogP contribution is -2.50. The van der Waals surface area contributed by atoms with E-state index in [4.69, 9.17) is 5.73 Å². The Balaban J connectivity index is 1.88. The van der Waals surface area contributed by atoms with E-state index < -0.39 is 0 Å². The molecule has 2 fully saturated rings. The molecule has 0 bridgehead atoms. The number of likely N-dealkylation sites (tertiary alicyclic amines) is 1. The van der Waals surface area contributed by atoms with Gasteiger partial charge >= 0.3 is 0 Å². The fraction of sp³-hybridized carbons (Fsp3) is 0.933. The first kappa shape index (κ1) is 13.9. The molecule has 18 heavy (non-hydrogen) atoms. The molecule has 3 heteroatoms. The number of nitrogens with zero attached hydrogens (tertiary/aromatic N) is 1. The molecule has 1 aliphatic carbocycles. The first-order chi connectivity index (χ1) is 8.58. The van der Waals surface area contributed by atoms with Crippen molar-refractivity contribution in [3.63, 3.8) is 0 Å². The summed E-state index contributed by atoms with van der Waals surface area (Å²) in [6.45, 7) is 6.15. The predicted octanol–water partition coefficient (Wildman–Crippen LogP) is 2.40. The molecule has 0 spiro atoms. The second-order valence-electron chi connectivity index (χ2n) is 6.61. The molecule has 1 saturated carbocycles. The van der Waals surface area contributed by atoms with Crippen LogP contribution < -0.4 is 5.73 Å². The summed E-state index contributed by atoms with van der Waals surface area (Å²) in [6, 6.07) is -0.287. The summed E-state index contributed by atoms with van der Waals surface area (Å²) in [5.41, 5.74) is 6.03. The van der Waals surface area contributed by atoms with Gasteiger partial charge in [0, 0.05) is 13.1 Å². The second kappa shape index (κ2) is 6.05. The van der Waals surface area contributed by atoms with Gasteiger partial charge in [0.05, 0.1) is 6.04 Å². The van der Waals surface area contributed by atoms with Crippen molar-refractivity contribution in [3.8, 4) is 0 Å². The van der Waals surface area contributed by atoms with Crippen molar-refractivity contribution < 1.29 is 4.79 Å². The van der Waals surface area contributed by atoms with Crippen LogP contribution in [0, 0.1) is 17.8 Å². The fourth-order valence-electron chi connectivity index (χ4n) is 3.64. The van der Waals surface area contributed by atoms with Crippen LogP contribution in [0.5, 0.6) is 0 Å². The highest BCUT2D eigenvalue weighted by atomic mass is 16.2. The molecular weight excluding hydrogens is 224 g/mol. The quantitative estimate of drug-likeness (QED) is 0.838. The predicted molar refractivity (Wildman–Crippen MR) is 74.1 cm³/mol. The molecule has 0 aromatic carbocycles. The van der Waals surface area contributed by atoms with E-state index in [0.717, 1.165) is 31.3 Å². The molecule has 3 atom stereocenters. The van der Waals surface area contributed by atoms with Gasteiger partial charge in [0.2, 0.25) is 5.91 Å². The summed E-state index contributed by atoms with van der Waals surface area (Å²) in [6.07, 6.45) is 7.44. The van der Waals surface area contributed by atoms with Gasteiger partial charge in [-0.05, 0) is 37.0 Å². The second-order valence-corrected chi connectivity index (χ2v) is 6.61. The molecule has 2 rings (SSSR count). The van der Waals surface area contributed by atoms with Crippen molar-refractivity contribution in [1.82, 2.24) is 4.90 Å². The van der Waals surface area contributed by atoms with Crippen LogP contribution in [0.25, 0.3) is 0 Å². The Morgan fingerprint density at radius 2 is 1.89 bits per heavy atom. The average molecular weight is 252 g/mol. The molecule has 1 amide bonds. The number of fused-ring (bicyclic) bond motifs is 1. The smallest absolute Gasteiger partial charge is 0.239 e. The van der Waals surface area contributed by atoms with Crippen molar-refractivity contribution in [2.24, 2.45) is 23.5 Å². The first-order valence-corrected chi connectivity index (χ1v) is 7.62. The van der Waals surface area contributed by atoms with Gasteiger partial charge in [-0.1, -0.05) is 33.1 Å². The molecule has 3 nitrogen and oxygen atoms in total. The van der Waals surface area contributed by atoms with Gasteiger partial charge < -0.3 is 10.6 Å². The van der Waals surface area contributed by atoms with E-state index in [1.165, 1.54) is 32.1 Å². The zero-order valence-corrected chi connectivity index (χ0v) is 11.9. The first-order valence-electron chi connectivity index (χ1n) is 7.62. The van der Waals surface area contributed by atoms with E-state index in [1.807, 2.05) is 4.90 Å². The number of rotatable bonds is 3. The molecule has 2 N–H and O–H groups in total. The molecule has 2 aliphatic rings. The summed E-state index contributed by atoms with van der Waals surface area (Å²) in [5.74, 6) is 2.32. The fourth-order valence-corrected chi connectivity index (χ4v) is 3.64. The molecule has 1 heterocycles. The Labute approximate surface area is 111 Å². The Kier molecular flexibility index (Phi) is 4.66. The van der Waals surface area contributed by atoms with Crippen molar-refractivity contribution >= 4 is 5.91 Å². The lowest BCUT2D eigenvalue weighted by atomic mass is 9.75. The minimum Gasteiger partial charge on any atom is -0.341 e. The maximum atomic E-state index is 12.3. The number of nitrogens with two attached hydrogens (primary N) is 1. The number of carbonyl (C=O) groups is 1. The van der Waals surface area contributed by atoms with Gasteiger partial charge in [0.15, 0.2) is 0 Å². The minimum atomic E-state index is -0.287. The highest BCUT2D eigenvalue weighted by molar-refractivity contribution is 5.81. The zero-order valence-electron chi connectivity index (χ0n) is 11.9. The largest absolute Gasteiger partial charge is 0.341 e. The van der Waals surface area contributed by atoms with Crippen LogP contribution in [0.1, 0.15) is 52.4 Å². The summed E-state index contributed by atoms with van der Waals surface area (Å²) in [7, 11) is 0. The van der Waals surface area contributed by atoms with E-state index >= 15 is 0 Å². The van der Waals surface area contributed by atoms with Crippen LogP contribution in [0.15, 0.2) is 0 Å². The molecule has 0 aromatic rings. The maximum absolute atomic E-state index is 12.3. The van der Waals surface area contributed by atoms with Gasteiger partial charge in [-0.2, -0.15) is 0 Å². The van der Waals surface area contributed by atoms with Crippen molar-refractivity contribution in [2.75, 3.05) is 13.1 Å². The van der Waals surface area contributed by atoms with Gasteiger partial charge in [0.1, 0.15) is 0 Å². The summed E-state index contributed by atoms with van der Waals surface area (Å²) >= 11 is 0. The molecule has 0 radical (unpaired) electrons. The third kappa shape index (κ3) is 3.25. The highest BCUT2D eigenvalue weighted by Crippen LogP contribution is 2.36. The van der Waals surface area contributed by atoms with Gasteiger partial charge in [-0.25, -0.2) is 0 Å². The van der Waals surface area contributed by atoms with Gasteiger partial charge in [-0.15, -0.1) is 0 Å². The summed E-state index contributed by atoms with van der Waals surface area (Å²) in [5, 5.41) is 0. The van der Waals surface area contributed by atoms with Crippen LogP contribution >= 0.6 is 0 Å². The van der Waals surface area contributed by atoms with E-state index in [2.05, 4.69) is 13.8 Å². The van der Waals surface area contributed by atoms with Crippen LogP contribution in [-0.2, 0) is 4.79 Å². The number of amides is 1. The van der Waals surface area contributed by atoms with Crippen LogP contribution in [0.2, 0.25) is 0 Å². The molecule has 0 aromatic heterocycles. The third-order valence-corrected chi connectivity index (χ3v) is 4.65. The Morgan fingerprint density at radius 1 is 1.22 bits per heavy atom. The standard InChI is InChI=1S/C15H28N2O/c1-11(2)9-14(16)15(18)17-8-7-12-5-3-4-6-13(12)10-17/h11-14H,3-10,16H2,1-2H3/t12?,13?,14-/m1/s1. The topological polar surface area (TPSA) is 46.3 Å². The maximum Gasteiger partial charge on any atom is 0.239 e. The minimum absolute atomic E-state index is 0.188. The Hall–Kier alpha value is -0.570. The van der Waals surface area contributed by atoms with E-state index in [9.17, 15) is 4.79 Å². The molecule has 1 aliphatic heterocycles. The van der Waals surface area contributed by atoms with Crippen molar-refractivity contribution in [3.05, 3.63) is 0 Å². The zero-order chi connectivity index (χ0) is 13.1. The normalized spacial score (nSPS) is 30.1. The number of hydrogen-bond donors (Lipinski definition) is 1. The van der Waals surface area contributed by atoms with Gasteiger partial charge in [-0.3, -0.25) is 4.79 Å². The van der Waals surface area contributed by atoms with Crippen LogP contribution in [0.4, 0.5) is 0 Å². The summed E-state index contributed by atoms with van der Waals surface area (Å²) < 4.78 is 0. The Bertz CT molecular complexity index is 290. The van der Waals surface area contributed by atoms with Gasteiger partial charge in [0.25, 0.3) is 0 Å². The SMILES string of the molecule is CC(C)C[C@@H](N)C(=O)N1CCC2CCCCC2C1. The van der Waals surface area contributed by atoms with Crippen molar-refractivity contribution in [2.45, 2.75) is 58.4 Å². The molecule has 104 valence electrons. The molecule has 2 unspecified atom stereocenters.